The van der Waals surface area contributed by atoms with Crippen molar-refractivity contribution in [2.45, 2.75) is 24.5 Å². The molecule has 0 bridgehead atoms. The zero-order valence-electron chi connectivity index (χ0n) is 39.6. The van der Waals surface area contributed by atoms with E-state index in [1.807, 2.05) is 0 Å². The first-order chi connectivity index (χ1) is 36.8. The largest absolute Gasteiger partial charge is 0.505 e. The van der Waals surface area contributed by atoms with Crippen LogP contribution in [0.25, 0.3) is 10.8 Å². The number of benzene rings is 7. The molecule has 0 aromatic heterocycles. The predicted octanol–water partition coefficient (Wildman–Crippen LogP) is 8.76. The summed E-state index contributed by atoms with van der Waals surface area (Å²) >= 11 is 0. The van der Waals surface area contributed by atoms with Crippen molar-refractivity contribution in [3.8, 4) is 5.75 Å². The Labute approximate surface area is 449 Å². The number of sulfone groups is 2. The average Bonchev–Trinajstić information content (AvgIpc) is 3.52. The summed E-state index contributed by atoms with van der Waals surface area (Å²) in [5.41, 5.74) is 16.9. The number of fused-ring (bicyclic) bond motifs is 1. The molecule has 0 fully saturated rings. The van der Waals surface area contributed by atoms with Crippen LogP contribution >= 0.6 is 0 Å². The number of sulfonamides is 1. The van der Waals surface area contributed by atoms with Crippen molar-refractivity contribution in [3.05, 3.63) is 133 Å². The van der Waals surface area contributed by atoms with Crippen LogP contribution in [0.5, 0.6) is 5.75 Å². The first kappa shape index (κ1) is 58.2. The van der Waals surface area contributed by atoms with Gasteiger partial charge in [-0.1, -0.05) is 6.58 Å². The van der Waals surface area contributed by atoms with Crippen molar-refractivity contribution in [2.24, 2.45) is 40.9 Å². The normalized spacial score (nSPS) is 13.1. The number of hydrogen-bond donors (Lipinski definition) is 8. The van der Waals surface area contributed by atoms with Crippen molar-refractivity contribution in [1.82, 2.24) is 0 Å². The van der Waals surface area contributed by atoms with Gasteiger partial charge in [-0.25, -0.2) is 29.4 Å². The quantitative estimate of drug-likeness (QED) is 0.0201. The lowest BCUT2D eigenvalue weighted by Gasteiger charge is -2.14. The van der Waals surface area contributed by atoms with Gasteiger partial charge < -0.3 is 22.3 Å². The monoisotopic (exact) mass is 1200 g/mol. The van der Waals surface area contributed by atoms with E-state index in [0.717, 1.165) is 36.4 Å². The van der Waals surface area contributed by atoms with Crippen molar-refractivity contribution >= 4 is 139 Å². The summed E-state index contributed by atoms with van der Waals surface area (Å²) in [5, 5.41) is 42.9. The summed E-state index contributed by atoms with van der Waals surface area (Å²) in [5.74, 6) is -1.81. The maximum atomic E-state index is 13.4. The standard InChI is InChI=1S/C44H38N12O17S6/c1-2-74(58,59)31-13-7-28(8-14-31)50-54-42-38(77(64,65)66)21-25-22-39(78(67,68)69)43(44(57)40(25)41(42)47)55-51-29-11-17-33(18-12-29)76(62,63)56-30-5-3-26(4-6-30)48-52-36-24-37(35(46)23-34(36)45)53-49-27-9-15-32(16-10-27)75(60,61)20-19-73-79(70,71)72/h2-18,21-24,56-57H,1,19-20,45-47H2,(H,64,65,66)(H,67,68,69)(H,70,71,72)/b52-48+,53-49+,54-50+,55-51+. The molecule has 0 spiro atoms. The number of azo groups is 4. The van der Waals surface area contributed by atoms with Crippen LogP contribution in [0.4, 0.5) is 68.2 Å². The van der Waals surface area contributed by atoms with E-state index in [1.165, 1.54) is 72.8 Å². The summed E-state index contributed by atoms with van der Waals surface area (Å²) in [6, 6.07) is 23.9. The minimum Gasteiger partial charge on any atom is -0.505 e. The third-order valence-corrected chi connectivity index (χ3v) is 17.2. The smallest absolute Gasteiger partial charge is 0.397 e. The van der Waals surface area contributed by atoms with Gasteiger partial charge in [-0.15, -0.1) is 20.5 Å². The first-order valence-electron chi connectivity index (χ1n) is 21.4. The summed E-state index contributed by atoms with van der Waals surface area (Å²) < 4.78 is 183. The van der Waals surface area contributed by atoms with Crippen LogP contribution in [0.1, 0.15) is 0 Å². The van der Waals surface area contributed by atoms with Crippen LogP contribution in [0, 0.1) is 0 Å². The Balaban J connectivity index is 1.06. The van der Waals surface area contributed by atoms with E-state index in [0.29, 0.717) is 17.5 Å². The zero-order valence-corrected chi connectivity index (χ0v) is 44.5. The number of aromatic hydroxyl groups is 1. The van der Waals surface area contributed by atoms with Crippen LogP contribution in [0.2, 0.25) is 0 Å². The van der Waals surface area contributed by atoms with Crippen molar-refractivity contribution in [2.75, 3.05) is 34.3 Å². The molecule has 35 heteroatoms. The fraction of sp³-hybridized carbons (Fsp3) is 0.0455. The van der Waals surface area contributed by atoms with E-state index < -0.39 is 116 Å². The molecule has 0 amide bonds. The fourth-order valence-corrected chi connectivity index (χ4v) is 11.3. The van der Waals surface area contributed by atoms with Gasteiger partial charge in [0.05, 0.1) is 72.2 Å². The number of nitrogens with two attached hydrogens (primary N) is 3. The second-order valence-corrected chi connectivity index (χ2v) is 25.5. The fourth-order valence-electron chi connectivity index (χ4n) is 6.72. The van der Waals surface area contributed by atoms with Crippen LogP contribution in [-0.2, 0) is 64.5 Å². The third kappa shape index (κ3) is 14.2. The molecule has 0 saturated heterocycles. The molecule has 0 atom stereocenters. The van der Waals surface area contributed by atoms with E-state index in [1.54, 1.807) is 0 Å². The molecule has 0 aliphatic heterocycles. The van der Waals surface area contributed by atoms with Crippen molar-refractivity contribution in [1.29, 1.82) is 0 Å². The number of nitrogen functional groups attached to an aromatic ring is 3. The van der Waals surface area contributed by atoms with Gasteiger partial charge in [-0.2, -0.15) is 45.7 Å². The number of nitrogens with zero attached hydrogens (tertiary/aromatic N) is 8. The van der Waals surface area contributed by atoms with Crippen LogP contribution in [0.3, 0.4) is 0 Å². The highest BCUT2D eigenvalue weighted by atomic mass is 32.3. The second kappa shape index (κ2) is 22.4. The Morgan fingerprint density at radius 1 is 0.519 bits per heavy atom. The molecule has 412 valence electrons. The Bertz CT molecular complexity index is 4420. The summed E-state index contributed by atoms with van der Waals surface area (Å²) in [4.78, 5) is -2.73. The summed E-state index contributed by atoms with van der Waals surface area (Å²) in [7, 11) is -27.4. The molecule has 11 N–H and O–H groups in total. The molecule has 7 rings (SSSR count). The minimum absolute atomic E-state index is 0.0307. The van der Waals surface area contributed by atoms with Crippen molar-refractivity contribution < 1.29 is 73.5 Å². The molecule has 7 aromatic rings. The van der Waals surface area contributed by atoms with E-state index >= 15 is 0 Å². The van der Waals surface area contributed by atoms with E-state index in [2.05, 4.69) is 56.4 Å². The molecule has 29 nitrogen and oxygen atoms in total. The van der Waals surface area contributed by atoms with E-state index in [9.17, 15) is 64.7 Å². The zero-order chi connectivity index (χ0) is 57.9. The van der Waals surface area contributed by atoms with Gasteiger partial charge in [0, 0.05) is 11.1 Å². The van der Waals surface area contributed by atoms with Gasteiger partial charge in [-0.3, -0.25) is 18.4 Å². The molecule has 0 aliphatic rings. The highest BCUT2D eigenvalue weighted by Gasteiger charge is 2.28. The van der Waals surface area contributed by atoms with Gasteiger partial charge in [0.25, 0.3) is 30.3 Å². The van der Waals surface area contributed by atoms with Crippen molar-refractivity contribution in [3.63, 3.8) is 0 Å². The van der Waals surface area contributed by atoms with Gasteiger partial charge in [0.1, 0.15) is 32.5 Å². The van der Waals surface area contributed by atoms with E-state index in [-0.39, 0.29) is 65.9 Å². The maximum absolute atomic E-state index is 13.4. The second-order valence-electron chi connectivity index (χ2n) is 15.9. The summed E-state index contributed by atoms with van der Waals surface area (Å²) in [6.45, 7) is 2.43. The predicted molar refractivity (Wildman–Crippen MR) is 285 cm³/mol. The molecule has 7 aromatic carbocycles. The molecule has 0 unspecified atom stereocenters. The molecular weight excluding hydrogens is 1160 g/mol. The molecule has 0 heterocycles. The molecule has 0 radical (unpaired) electrons. The Hall–Kier alpha value is -8.52. The lowest BCUT2D eigenvalue weighted by atomic mass is 10.1. The topological polar surface area (TPSA) is 484 Å². The van der Waals surface area contributed by atoms with Gasteiger partial charge in [0.2, 0.25) is 0 Å². The van der Waals surface area contributed by atoms with Gasteiger partial charge in [-0.05, 0) is 127 Å². The SMILES string of the molecule is C=CS(=O)(=O)c1ccc(/N=N/c2c(S(=O)(=O)O)cc3cc(S(=O)(=O)O)c(/N=N/c4ccc(S(=O)(=O)Nc5ccc(/N=N/c6cc(/N=N/c7ccc(S(=O)(=O)CCOS(=O)(=O)O)cc7)c(N)cc6N)cc5)cc4)c(O)c3c2N)cc1. The lowest BCUT2D eigenvalue weighted by molar-refractivity contribution is 0.284. The molecule has 0 saturated carbocycles. The Morgan fingerprint density at radius 3 is 1.39 bits per heavy atom. The highest BCUT2D eigenvalue weighted by Crippen LogP contribution is 2.48. The van der Waals surface area contributed by atoms with Crippen LogP contribution in [-0.4, -0.2) is 81.6 Å². The molecular formula is C44H38N12O17S6. The van der Waals surface area contributed by atoms with E-state index in [4.69, 9.17) is 21.8 Å². The Morgan fingerprint density at radius 2 is 0.937 bits per heavy atom. The number of nitrogens with one attached hydrogen (secondary N) is 1. The molecule has 0 aliphatic carbocycles. The minimum atomic E-state index is -5.28. The number of rotatable bonds is 20. The van der Waals surface area contributed by atoms with Crippen LogP contribution < -0.4 is 21.9 Å². The van der Waals surface area contributed by atoms with Crippen LogP contribution in [0.15, 0.2) is 199 Å². The van der Waals surface area contributed by atoms with Gasteiger partial charge >= 0.3 is 10.4 Å². The third-order valence-electron chi connectivity index (χ3n) is 10.6. The maximum Gasteiger partial charge on any atom is 0.397 e. The lowest BCUT2D eigenvalue weighted by Crippen LogP contribution is -2.15. The number of anilines is 4. The number of phenols is 1. The number of phenolic OH excluding ortho intramolecular Hbond substituents is 1. The Kier molecular flexibility index (Phi) is 16.5. The average molecular weight is 1200 g/mol. The highest BCUT2D eigenvalue weighted by molar-refractivity contribution is 7.94. The first-order valence-corrected chi connectivity index (χ1v) is 30.4. The molecule has 79 heavy (non-hydrogen) atoms. The number of hydrogen-bond acceptors (Lipinski definition) is 25. The van der Waals surface area contributed by atoms with Gasteiger partial charge in [0.15, 0.2) is 25.4 Å². The summed E-state index contributed by atoms with van der Waals surface area (Å²) in [6.07, 6.45) is 0.